The molecule has 0 radical (unpaired) electrons. The number of thiophene rings is 1. The van der Waals surface area contributed by atoms with Crippen molar-refractivity contribution in [3.63, 3.8) is 0 Å². The molecule has 0 atom stereocenters. The van der Waals surface area contributed by atoms with Crippen LogP contribution in [0.2, 0.25) is 5.02 Å². The quantitative estimate of drug-likeness (QED) is 0.346. The number of carbonyl (C=O) groups is 1. The van der Waals surface area contributed by atoms with Gasteiger partial charge in [0.1, 0.15) is 4.83 Å². The van der Waals surface area contributed by atoms with E-state index in [0.717, 1.165) is 11.1 Å². The zero-order valence-electron chi connectivity index (χ0n) is 14.4. The van der Waals surface area contributed by atoms with Crippen molar-refractivity contribution < 1.29 is 4.79 Å². The molecule has 4 rings (SSSR count). The SMILES string of the molecule is O=C(CSc1nc2scc(-c3ccccc3)c2c(=O)[nH]1)Nc1ccccc1Cl. The maximum absolute atomic E-state index is 12.6. The fourth-order valence-corrected chi connectivity index (χ4v) is 4.56. The Bertz CT molecular complexity index is 1210. The first-order chi connectivity index (χ1) is 13.6. The summed E-state index contributed by atoms with van der Waals surface area (Å²) in [6.45, 7) is 0. The maximum atomic E-state index is 12.6. The number of halogens is 1. The van der Waals surface area contributed by atoms with Crippen molar-refractivity contribution in [1.82, 2.24) is 9.97 Å². The molecule has 2 N–H and O–H groups in total. The fraction of sp³-hybridized carbons (Fsp3) is 0.0500. The molecule has 2 aromatic heterocycles. The zero-order valence-corrected chi connectivity index (χ0v) is 16.8. The van der Waals surface area contributed by atoms with E-state index in [1.54, 1.807) is 24.3 Å². The molecule has 0 spiro atoms. The average molecular weight is 428 g/mol. The number of H-pyrrole nitrogens is 1. The van der Waals surface area contributed by atoms with Gasteiger partial charge in [0.05, 0.1) is 21.8 Å². The minimum atomic E-state index is -0.225. The molecule has 1 amide bonds. The van der Waals surface area contributed by atoms with Gasteiger partial charge in [-0.3, -0.25) is 9.59 Å². The highest BCUT2D eigenvalue weighted by molar-refractivity contribution is 7.99. The molecule has 2 heterocycles. The number of nitrogens with zero attached hydrogens (tertiary/aromatic N) is 1. The molecule has 4 aromatic rings. The monoisotopic (exact) mass is 427 g/mol. The molecule has 5 nitrogen and oxygen atoms in total. The van der Waals surface area contributed by atoms with Crippen molar-refractivity contribution in [1.29, 1.82) is 0 Å². The predicted octanol–water partition coefficient (Wildman–Crippen LogP) is 5.04. The smallest absolute Gasteiger partial charge is 0.260 e. The van der Waals surface area contributed by atoms with Gasteiger partial charge < -0.3 is 10.3 Å². The Hall–Kier alpha value is -2.61. The van der Waals surface area contributed by atoms with Crippen molar-refractivity contribution in [2.24, 2.45) is 0 Å². The van der Waals surface area contributed by atoms with Crippen LogP contribution in [0.1, 0.15) is 0 Å². The Morgan fingerprint density at radius 2 is 1.89 bits per heavy atom. The Balaban J connectivity index is 1.52. The van der Waals surface area contributed by atoms with Crippen LogP contribution >= 0.6 is 34.7 Å². The summed E-state index contributed by atoms with van der Waals surface area (Å²) < 4.78 is 0. The first-order valence-electron chi connectivity index (χ1n) is 8.36. The van der Waals surface area contributed by atoms with E-state index in [4.69, 9.17) is 11.6 Å². The summed E-state index contributed by atoms with van der Waals surface area (Å²) in [4.78, 5) is 32.7. The van der Waals surface area contributed by atoms with Crippen molar-refractivity contribution in [2.75, 3.05) is 11.1 Å². The van der Waals surface area contributed by atoms with Crippen molar-refractivity contribution in [2.45, 2.75) is 5.16 Å². The Morgan fingerprint density at radius 3 is 2.68 bits per heavy atom. The lowest BCUT2D eigenvalue weighted by Gasteiger charge is -2.06. The highest BCUT2D eigenvalue weighted by atomic mass is 35.5. The number of fused-ring (bicyclic) bond motifs is 1. The normalized spacial score (nSPS) is 10.9. The number of thioether (sulfide) groups is 1. The van der Waals surface area contributed by atoms with Crippen LogP contribution in [0.4, 0.5) is 5.69 Å². The topological polar surface area (TPSA) is 74.8 Å². The van der Waals surface area contributed by atoms with Crippen LogP contribution in [0, 0.1) is 0 Å². The highest BCUT2D eigenvalue weighted by Gasteiger charge is 2.14. The first kappa shape index (κ1) is 18.7. The number of aromatic nitrogens is 2. The third-order valence-corrected chi connectivity index (χ3v) is 6.07. The molecular weight excluding hydrogens is 414 g/mol. The van der Waals surface area contributed by atoms with Gasteiger partial charge in [-0.2, -0.15) is 0 Å². The van der Waals surface area contributed by atoms with Crippen LogP contribution in [0.25, 0.3) is 21.3 Å². The van der Waals surface area contributed by atoms with E-state index < -0.39 is 0 Å². The highest BCUT2D eigenvalue weighted by Crippen LogP contribution is 2.31. The largest absolute Gasteiger partial charge is 0.324 e. The van der Waals surface area contributed by atoms with Gasteiger partial charge in [-0.1, -0.05) is 65.8 Å². The molecule has 28 heavy (non-hydrogen) atoms. The summed E-state index contributed by atoms with van der Waals surface area (Å²) in [6, 6.07) is 16.7. The van der Waals surface area contributed by atoms with Gasteiger partial charge in [0.25, 0.3) is 5.56 Å². The molecule has 140 valence electrons. The standard InChI is InChI=1S/C20H14ClN3O2S2/c21-14-8-4-5-9-15(14)22-16(25)11-28-20-23-18(26)17-13(10-27-19(17)24-20)12-6-2-1-3-7-12/h1-10H,11H2,(H,22,25)(H,23,24,26). The van der Waals surface area contributed by atoms with E-state index in [9.17, 15) is 9.59 Å². The number of carbonyl (C=O) groups excluding carboxylic acids is 1. The molecule has 0 bridgehead atoms. The van der Waals surface area contributed by atoms with E-state index in [1.807, 2.05) is 35.7 Å². The minimum absolute atomic E-state index is 0.108. The van der Waals surface area contributed by atoms with Crippen LogP contribution < -0.4 is 10.9 Å². The van der Waals surface area contributed by atoms with Gasteiger partial charge in [0.15, 0.2) is 5.16 Å². The second kappa shape index (κ2) is 8.18. The van der Waals surface area contributed by atoms with E-state index in [0.29, 0.717) is 26.1 Å². The number of hydrogen-bond acceptors (Lipinski definition) is 5. The third kappa shape index (κ3) is 3.96. The fourth-order valence-electron chi connectivity index (χ4n) is 2.71. The zero-order chi connectivity index (χ0) is 19.5. The van der Waals surface area contributed by atoms with Crippen LogP contribution in [-0.2, 0) is 4.79 Å². The van der Waals surface area contributed by atoms with Gasteiger partial charge in [0.2, 0.25) is 5.91 Å². The van der Waals surface area contributed by atoms with E-state index >= 15 is 0 Å². The van der Waals surface area contributed by atoms with Crippen molar-refractivity contribution >= 4 is 56.5 Å². The summed E-state index contributed by atoms with van der Waals surface area (Å²) in [5.74, 6) is -0.117. The van der Waals surface area contributed by atoms with E-state index in [-0.39, 0.29) is 17.2 Å². The van der Waals surface area contributed by atoms with Crippen molar-refractivity contribution in [3.8, 4) is 11.1 Å². The molecule has 2 aromatic carbocycles. The minimum Gasteiger partial charge on any atom is -0.324 e. The summed E-state index contributed by atoms with van der Waals surface area (Å²) in [7, 11) is 0. The van der Waals surface area contributed by atoms with Crippen LogP contribution in [0.3, 0.4) is 0 Å². The van der Waals surface area contributed by atoms with Gasteiger partial charge >= 0.3 is 0 Å². The maximum Gasteiger partial charge on any atom is 0.260 e. The molecule has 0 saturated heterocycles. The number of nitrogens with one attached hydrogen (secondary N) is 2. The number of rotatable bonds is 5. The number of hydrogen-bond donors (Lipinski definition) is 2. The Labute approximate surface area is 173 Å². The lowest BCUT2D eigenvalue weighted by atomic mass is 10.1. The van der Waals surface area contributed by atoms with Crippen LogP contribution in [0.5, 0.6) is 0 Å². The second-order valence-electron chi connectivity index (χ2n) is 5.88. The Kier molecular flexibility index (Phi) is 5.47. The molecule has 0 aliphatic rings. The number of aromatic amines is 1. The van der Waals surface area contributed by atoms with Crippen LogP contribution in [-0.4, -0.2) is 21.6 Å². The van der Waals surface area contributed by atoms with Gasteiger partial charge in [-0.05, 0) is 17.7 Å². The summed E-state index contributed by atoms with van der Waals surface area (Å²) in [5, 5.41) is 6.13. The summed E-state index contributed by atoms with van der Waals surface area (Å²) in [5.41, 5.74) is 2.18. The molecule has 0 fully saturated rings. The number of amides is 1. The third-order valence-electron chi connectivity index (χ3n) is 3.99. The number of benzene rings is 2. The van der Waals surface area contributed by atoms with Crippen molar-refractivity contribution in [3.05, 3.63) is 75.4 Å². The molecule has 0 saturated carbocycles. The molecule has 0 aliphatic carbocycles. The van der Waals surface area contributed by atoms with E-state index in [1.165, 1.54) is 23.1 Å². The number of anilines is 1. The Morgan fingerprint density at radius 1 is 1.14 bits per heavy atom. The summed E-state index contributed by atoms with van der Waals surface area (Å²) >= 11 is 8.63. The predicted molar refractivity (Wildman–Crippen MR) is 116 cm³/mol. The molecule has 0 unspecified atom stereocenters. The molecule has 8 heteroatoms. The first-order valence-corrected chi connectivity index (χ1v) is 10.6. The average Bonchev–Trinajstić information content (AvgIpc) is 3.13. The van der Waals surface area contributed by atoms with E-state index in [2.05, 4.69) is 15.3 Å². The lowest BCUT2D eigenvalue weighted by Crippen LogP contribution is -2.15. The van der Waals surface area contributed by atoms with Gasteiger partial charge in [-0.25, -0.2) is 4.98 Å². The molecular formula is C20H14ClN3O2S2. The lowest BCUT2D eigenvalue weighted by molar-refractivity contribution is -0.113. The molecule has 0 aliphatic heterocycles. The van der Waals surface area contributed by atoms with Gasteiger partial charge in [-0.15, -0.1) is 11.3 Å². The number of para-hydroxylation sites is 1. The van der Waals surface area contributed by atoms with Crippen LogP contribution in [0.15, 0.2) is 69.9 Å². The van der Waals surface area contributed by atoms with Gasteiger partial charge in [0, 0.05) is 10.9 Å². The second-order valence-corrected chi connectivity index (χ2v) is 8.11. The summed E-state index contributed by atoms with van der Waals surface area (Å²) in [6.07, 6.45) is 0.